The zero-order valence-electron chi connectivity index (χ0n) is 20.1. The number of hydrogen-bond acceptors (Lipinski definition) is 7. The summed E-state index contributed by atoms with van der Waals surface area (Å²) in [6.45, 7) is 8.07. The van der Waals surface area contributed by atoms with E-state index >= 15 is 0 Å². The molecule has 0 aliphatic rings. The summed E-state index contributed by atoms with van der Waals surface area (Å²) < 4.78 is 10.4. The molecule has 1 heterocycles. The molecule has 0 saturated heterocycles. The van der Waals surface area contributed by atoms with Crippen molar-refractivity contribution in [3.05, 3.63) is 58.6 Å². The van der Waals surface area contributed by atoms with Gasteiger partial charge >= 0.3 is 0 Å². The molecule has 2 aromatic carbocycles. The number of methoxy groups -OCH3 is 2. The number of rotatable bonds is 10. The second-order valence-electron chi connectivity index (χ2n) is 7.60. The van der Waals surface area contributed by atoms with Crippen LogP contribution in [0.15, 0.2) is 41.8 Å². The van der Waals surface area contributed by atoms with Gasteiger partial charge in [0.2, 0.25) is 5.91 Å². The molecule has 0 radical (unpaired) electrons. The van der Waals surface area contributed by atoms with Crippen molar-refractivity contribution < 1.29 is 19.1 Å². The molecule has 0 bridgehead atoms. The predicted octanol–water partition coefficient (Wildman–Crippen LogP) is 4.75. The van der Waals surface area contributed by atoms with Gasteiger partial charge in [0.25, 0.3) is 5.91 Å². The van der Waals surface area contributed by atoms with Crippen LogP contribution in [0.2, 0.25) is 0 Å². The summed E-state index contributed by atoms with van der Waals surface area (Å²) in [6.07, 6.45) is 0.108. The van der Waals surface area contributed by atoms with Gasteiger partial charge in [0.05, 0.1) is 26.3 Å². The van der Waals surface area contributed by atoms with Crippen molar-refractivity contribution in [2.75, 3.05) is 42.8 Å². The normalized spacial score (nSPS) is 10.5. The second kappa shape index (κ2) is 11.5. The Hall–Kier alpha value is -3.59. The van der Waals surface area contributed by atoms with Gasteiger partial charge in [0, 0.05) is 41.5 Å². The highest BCUT2D eigenvalue weighted by atomic mass is 32.1. The fourth-order valence-corrected chi connectivity index (χ4v) is 4.19. The number of amides is 2. The van der Waals surface area contributed by atoms with Crippen molar-refractivity contribution in [1.29, 1.82) is 0 Å². The Morgan fingerprint density at radius 3 is 2.26 bits per heavy atom. The van der Waals surface area contributed by atoms with E-state index < -0.39 is 0 Å². The Kier molecular flexibility index (Phi) is 8.48. The molecule has 0 saturated carbocycles. The minimum atomic E-state index is -0.341. The first-order valence-electron chi connectivity index (χ1n) is 11.0. The molecule has 9 heteroatoms. The van der Waals surface area contributed by atoms with Gasteiger partial charge in [0.15, 0.2) is 5.13 Å². The lowest BCUT2D eigenvalue weighted by atomic mass is 10.1. The summed E-state index contributed by atoms with van der Waals surface area (Å²) in [5.74, 6) is 0.522. The van der Waals surface area contributed by atoms with Crippen molar-refractivity contribution in [2.45, 2.75) is 27.2 Å². The number of hydrogen-bond donors (Lipinski definition) is 2. The fraction of sp³-hybridized carbons (Fsp3) is 0.320. The number of anilines is 3. The van der Waals surface area contributed by atoms with Gasteiger partial charge in [-0.2, -0.15) is 0 Å². The standard InChI is InChI=1S/C25H30N4O4S/c1-6-29(7-2)19-8-9-22(16(3)10-19)27-23(30)13-18-15-34-25(26-18)28-24(31)17-11-20(32-4)14-21(12-17)33-5/h8-12,14-15H,6-7,13H2,1-5H3,(H,27,30)(H,26,28,31). The number of carbonyl (C=O) groups excluding carboxylic acids is 2. The van der Waals surface area contributed by atoms with E-state index in [2.05, 4.69) is 40.4 Å². The molecule has 0 aliphatic heterocycles. The third-order valence-electron chi connectivity index (χ3n) is 5.34. The van der Waals surface area contributed by atoms with E-state index in [9.17, 15) is 9.59 Å². The lowest BCUT2D eigenvalue weighted by molar-refractivity contribution is -0.115. The molecule has 0 spiro atoms. The first kappa shape index (κ1) is 25.0. The van der Waals surface area contributed by atoms with Gasteiger partial charge < -0.3 is 19.7 Å². The molecule has 2 N–H and O–H groups in total. The summed E-state index contributed by atoms with van der Waals surface area (Å²) in [5.41, 5.74) is 3.87. The van der Waals surface area contributed by atoms with Gasteiger partial charge in [0.1, 0.15) is 11.5 Å². The second-order valence-corrected chi connectivity index (χ2v) is 8.45. The van der Waals surface area contributed by atoms with Crippen molar-refractivity contribution in [2.24, 2.45) is 0 Å². The lowest BCUT2D eigenvalue weighted by Gasteiger charge is -2.22. The van der Waals surface area contributed by atoms with Gasteiger partial charge in [-0.25, -0.2) is 4.98 Å². The van der Waals surface area contributed by atoms with Crippen molar-refractivity contribution in [3.8, 4) is 11.5 Å². The van der Waals surface area contributed by atoms with Crippen LogP contribution in [0.3, 0.4) is 0 Å². The van der Waals surface area contributed by atoms with Crippen LogP contribution in [0.25, 0.3) is 0 Å². The fourth-order valence-electron chi connectivity index (χ4n) is 3.49. The molecule has 2 amide bonds. The number of benzene rings is 2. The SMILES string of the molecule is CCN(CC)c1ccc(NC(=O)Cc2csc(NC(=O)c3cc(OC)cc(OC)c3)n2)c(C)c1. The molecule has 34 heavy (non-hydrogen) atoms. The predicted molar refractivity (Wildman–Crippen MR) is 137 cm³/mol. The van der Waals surface area contributed by atoms with Crippen LogP contribution in [0, 0.1) is 6.92 Å². The Bertz CT molecular complexity index is 1140. The lowest BCUT2D eigenvalue weighted by Crippen LogP contribution is -2.22. The number of ether oxygens (including phenoxy) is 2. The number of thiazole rings is 1. The molecule has 180 valence electrons. The molecule has 0 aliphatic carbocycles. The van der Waals surface area contributed by atoms with Gasteiger partial charge in [-0.3, -0.25) is 14.9 Å². The highest BCUT2D eigenvalue weighted by Crippen LogP contribution is 2.25. The quantitative estimate of drug-likeness (QED) is 0.433. The van der Waals surface area contributed by atoms with E-state index in [4.69, 9.17) is 9.47 Å². The molecule has 8 nitrogen and oxygen atoms in total. The minimum Gasteiger partial charge on any atom is -0.497 e. The maximum absolute atomic E-state index is 12.6. The zero-order chi connectivity index (χ0) is 24.7. The average Bonchev–Trinajstić information content (AvgIpc) is 3.27. The van der Waals surface area contributed by atoms with E-state index in [1.807, 2.05) is 19.1 Å². The molecular weight excluding hydrogens is 452 g/mol. The molecule has 3 aromatic rings. The number of nitrogens with zero attached hydrogens (tertiary/aromatic N) is 2. The number of aromatic nitrogens is 1. The first-order valence-corrected chi connectivity index (χ1v) is 11.9. The largest absolute Gasteiger partial charge is 0.497 e. The Morgan fingerprint density at radius 2 is 1.68 bits per heavy atom. The molecule has 1 aromatic heterocycles. The zero-order valence-corrected chi connectivity index (χ0v) is 20.9. The van der Waals surface area contributed by atoms with Crippen molar-refractivity contribution >= 4 is 39.7 Å². The van der Waals surface area contributed by atoms with Gasteiger partial charge in [-0.15, -0.1) is 11.3 Å². The Labute approximate surface area is 203 Å². The van der Waals surface area contributed by atoms with Gasteiger partial charge in [-0.1, -0.05) is 0 Å². The minimum absolute atomic E-state index is 0.108. The van der Waals surface area contributed by atoms with E-state index in [0.717, 1.165) is 30.0 Å². The Balaban J connectivity index is 1.61. The summed E-state index contributed by atoms with van der Waals surface area (Å²) in [7, 11) is 3.05. The van der Waals surface area contributed by atoms with E-state index in [0.29, 0.717) is 27.9 Å². The third-order valence-corrected chi connectivity index (χ3v) is 6.15. The molecule has 0 unspecified atom stereocenters. The van der Waals surface area contributed by atoms with Crippen LogP contribution in [0.1, 0.15) is 35.5 Å². The van der Waals surface area contributed by atoms with E-state index in [-0.39, 0.29) is 18.2 Å². The molecule has 0 atom stereocenters. The van der Waals surface area contributed by atoms with Crippen LogP contribution in [0.4, 0.5) is 16.5 Å². The first-order chi connectivity index (χ1) is 16.4. The molecule has 3 rings (SSSR count). The maximum atomic E-state index is 12.6. The van der Waals surface area contributed by atoms with Crippen LogP contribution in [0.5, 0.6) is 11.5 Å². The third kappa shape index (κ3) is 6.26. The summed E-state index contributed by atoms with van der Waals surface area (Å²) in [6, 6.07) is 10.9. The Morgan fingerprint density at radius 1 is 1.00 bits per heavy atom. The number of nitrogens with one attached hydrogen (secondary N) is 2. The monoisotopic (exact) mass is 482 g/mol. The van der Waals surface area contributed by atoms with E-state index in [1.165, 1.54) is 25.6 Å². The highest BCUT2D eigenvalue weighted by Gasteiger charge is 2.14. The van der Waals surface area contributed by atoms with Crippen LogP contribution < -0.4 is 25.0 Å². The van der Waals surface area contributed by atoms with E-state index in [1.54, 1.807) is 23.6 Å². The topological polar surface area (TPSA) is 92.8 Å². The van der Waals surface area contributed by atoms with Gasteiger partial charge in [-0.05, 0) is 56.7 Å². The van der Waals surface area contributed by atoms with Crippen LogP contribution in [-0.4, -0.2) is 44.1 Å². The van der Waals surface area contributed by atoms with Crippen LogP contribution in [-0.2, 0) is 11.2 Å². The number of carbonyl (C=O) groups is 2. The smallest absolute Gasteiger partial charge is 0.257 e. The summed E-state index contributed by atoms with van der Waals surface area (Å²) in [5, 5.41) is 7.89. The van der Waals surface area contributed by atoms with Crippen molar-refractivity contribution in [3.63, 3.8) is 0 Å². The highest BCUT2D eigenvalue weighted by molar-refractivity contribution is 7.14. The molecule has 0 fully saturated rings. The number of aryl methyl sites for hydroxylation is 1. The summed E-state index contributed by atoms with van der Waals surface area (Å²) in [4.78, 5) is 31.9. The summed E-state index contributed by atoms with van der Waals surface area (Å²) >= 11 is 1.26. The van der Waals surface area contributed by atoms with Crippen molar-refractivity contribution in [1.82, 2.24) is 4.98 Å². The average molecular weight is 483 g/mol. The molecular formula is C25H30N4O4S. The maximum Gasteiger partial charge on any atom is 0.257 e. The van der Waals surface area contributed by atoms with Crippen LogP contribution >= 0.6 is 11.3 Å².